The first-order chi connectivity index (χ1) is 13.6. The van der Waals surface area contributed by atoms with Crippen molar-refractivity contribution in [2.75, 3.05) is 45.3 Å². The van der Waals surface area contributed by atoms with E-state index in [1.54, 1.807) is 0 Å². The molecular weight excluding hydrogens is 350 g/mol. The van der Waals surface area contributed by atoms with E-state index in [2.05, 4.69) is 58.7 Å². The Kier molecular flexibility index (Phi) is 7.06. The van der Waals surface area contributed by atoms with Gasteiger partial charge in [-0.1, -0.05) is 36.4 Å². The maximum absolute atomic E-state index is 12.1. The molecule has 0 aromatic heterocycles. The van der Waals surface area contributed by atoms with Crippen molar-refractivity contribution in [3.05, 3.63) is 65.2 Å². The maximum atomic E-state index is 12.1. The summed E-state index contributed by atoms with van der Waals surface area (Å²) in [6.07, 6.45) is 1.07. The van der Waals surface area contributed by atoms with E-state index in [0.29, 0.717) is 13.2 Å². The second-order valence-electron chi connectivity index (χ2n) is 7.58. The third kappa shape index (κ3) is 5.12. The van der Waals surface area contributed by atoms with Crippen LogP contribution in [0.25, 0.3) is 0 Å². The van der Waals surface area contributed by atoms with Crippen LogP contribution >= 0.6 is 0 Å². The number of ether oxygens (including phenoxy) is 1. The van der Waals surface area contributed by atoms with Crippen LogP contribution in [0.4, 0.5) is 5.69 Å². The van der Waals surface area contributed by atoms with E-state index in [1.807, 2.05) is 21.0 Å². The zero-order chi connectivity index (χ0) is 19.9. The fourth-order valence-corrected chi connectivity index (χ4v) is 3.86. The van der Waals surface area contributed by atoms with Gasteiger partial charge in [-0.25, -0.2) is 0 Å². The highest BCUT2D eigenvalue weighted by Gasteiger charge is 2.28. The van der Waals surface area contributed by atoms with Gasteiger partial charge in [0, 0.05) is 43.9 Å². The Bertz CT molecular complexity index is 774. The number of quaternary nitrogens is 1. The van der Waals surface area contributed by atoms with Crippen LogP contribution in [-0.2, 0) is 22.5 Å². The number of benzene rings is 2. The molecule has 1 heterocycles. The van der Waals surface area contributed by atoms with Crippen molar-refractivity contribution in [3.63, 3.8) is 0 Å². The first-order valence-corrected chi connectivity index (χ1v) is 10.1. The molecule has 1 aliphatic heterocycles. The summed E-state index contributed by atoms with van der Waals surface area (Å²) in [4.78, 5) is 15.7. The molecule has 0 saturated carbocycles. The molecule has 1 amide bonds. The Morgan fingerprint density at radius 3 is 2.54 bits per heavy atom. The maximum Gasteiger partial charge on any atom is 0.246 e. The molecule has 0 saturated heterocycles. The average Bonchev–Trinajstić information content (AvgIpc) is 2.72. The van der Waals surface area contributed by atoms with Crippen LogP contribution in [0.3, 0.4) is 0 Å². The van der Waals surface area contributed by atoms with Gasteiger partial charge >= 0.3 is 0 Å². The quantitative estimate of drug-likeness (QED) is 0.729. The summed E-state index contributed by atoms with van der Waals surface area (Å²) in [7, 11) is 4.10. The van der Waals surface area contributed by atoms with Gasteiger partial charge in [0.15, 0.2) is 0 Å². The van der Waals surface area contributed by atoms with Gasteiger partial charge in [0.05, 0.1) is 13.1 Å². The summed E-state index contributed by atoms with van der Waals surface area (Å²) in [6.45, 7) is 5.25. The second-order valence-corrected chi connectivity index (χ2v) is 7.58. The zero-order valence-corrected chi connectivity index (χ0v) is 17.2. The molecule has 3 rings (SSSR count). The number of amides is 1. The molecule has 2 N–H and O–H groups in total. The van der Waals surface area contributed by atoms with E-state index < -0.39 is 0 Å². The monoisotopic (exact) mass is 382 g/mol. The number of nitrogens with one attached hydrogen (secondary N) is 2. The van der Waals surface area contributed by atoms with Crippen molar-refractivity contribution < 1.29 is 14.4 Å². The van der Waals surface area contributed by atoms with Crippen molar-refractivity contribution in [2.45, 2.75) is 25.9 Å². The van der Waals surface area contributed by atoms with Crippen molar-refractivity contribution in [1.82, 2.24) is 5.32 Å². The molecule has 150 valence electrons. The van der Waals surface area contributed by atoms with Gasteiger partial charge in [-0.2, -0.15) is 0 Å². The number of hydrogen-bond donors (Lipinski definition) is 2. The fraction of sp³-hybridized carbons (Fsp3) is 0.435. The van der Waals surface area contributed by atoms with Gasteiger partial charge in [-0.05, 0) is 24.6 Å². The Labute approximate surface area is 168 Å². The van der Waals surface area contributed by atoms with E-state index in [-0.39, 0.29) is 18.6 Å². The number of fused-ring (bicyclic) bond motifs is 1. The fourth-order valence-electron chi connectivity index (χ4n) is 3.86. The predicted octanol–water partition coefficient (Wildman–Crippen LogP) is 1.59. The van der Waals surface area contributed by atoms with Crippen LogP contribution in [0.1, 0.15) is 29.7 Å². The lowest BCUT2D eigenvalue weighted by molar-refractivity contribution is -0.945. The summed E-state index contributed by atoms with van der Waals surface area (Å²) < 4.78 is 5.24. The number of rotatable bonds is 8. The highest BCUT2D eigenvalue weighted by atomic mass is 16.5. The van der Waals surface area contributed by atoms with Crippen LogP contribution in [0.15, 0.2) is 48.5 Å². The second kappa shape index (κ2) is 9.71. The first kappa shape index (κ1) is 20.4. The van der Waals surface area contributed by atoms with E-state index in [4.69, 9.17) is 4.74 Å². The van der Waals surface area contributed by atoms with Crippen molar-refractivity contribution in [1.29, 1.82) is 0 Å². The molecule has 2 atom stereocenters. The summed E-state index contributed by atoms with van der Waals surface area (Å²) in [5.41, 5.74) is 5.31. The van der Waals surface area contributed by atoms with Gasteiger partial charge < -0.3 is 19.9 Å². The SMILES string of the molecule is CCOCC(=O)NC[C@@H](c1ccc(N(C)C)cc1)[NH+]1CCc2ccccc2C1. The number of nitrogens with zero attached hydrogens (tertiary/aromatic N) is 1. The minimum absolute atomic E-state index is 0.0476. The Hall–Kier alpha value is -2.37. The molecule has 0 fully saturated rings. The Balaban J connectivity index is 1.77. The van der Waals surface area contributed by atoms with Gasteiger partial charge in [-0.15, -0.1) is 0 Å². The zero-order valence-electron chi connectivity index (χ0n) is 17.2. The molecule has 0 aliphatic carbocycles. The normalized spacial score (nSPS) is 16.9. The Morgan fingerprint density at radius 1 is 1.14 bits per heavy atom. The number of carbonyl (C=O) groups is 1. The molecular formula is C23H32N3O2+. The van der Waals surface area contributed by atoms with E-state index in [1.165, 1.54) is 27.3 Å². The third-order valence-electron chi connectivity index (χ3n) is 5.50. The third-order valence-corrected chi connectivity index (χ3v) is 5.50. The standard InChI is InChI=1S/C23H31N3O2/c1-4-28-17-23(27)24-15-22(19-9-11-21(12-10-19)25(2)3)26-14-13-18-7-5-6-8-20(18)16-26/h5-12,22H,4,13-17H2,1-3H3,(H,24,27)/p+1/t22-/m0/s1. The van der Waals surface area contributed by atoms with Gasteiger partial charge in [-0.3, -0.25) is 4.79 Å². The van der Waals surface area contributed by atoms with Gasteiger partial charge in [0.2, 0.25) is 5.91 Å². The first-order valence-electron chi connectivity index (χ1n) is 10.1. The lowest BCUT2D eigenvalue weighted by Crippen LogP contribution is -3.12. The molecule has 2 aromatic rings. The molecule has 5 nitrogen and oxygen atoms in total. The summed E-state index contributed by atoms with van der Waals surface area (Å²) in [5.74, 6) is -0.0476. The summed E-state index contributed by atoms with van der Waals surface area (Å²) in [6, 6.07) is 17.6. The van der Waals surface area contributed by atoms with E-state index in [0.717, 1.165) is 19.5 Å². The highest BCUT2D eigenvalue weighted by Crippen LogP contribution is 2.18. The average molecular weight is 383 g/mol. The van der Waals surface area contributed by atoms with Crippen molar-refractivity contribution >= 4 is 11.6 Å². The Morgan fingerprint density at radius 2 is 1.86 bits per heavy atom. The molecule has 28 heavy (non-hydrogen) atoms. The smallest absolute Gasteiger partial charge is 0.246 e. The molecule has 1 aliphatic rings. The van der Waals surface area contributed by atoms with Crippen LogP contribution in [0, 0.1) is 0 Å². The van der Waals surface area contributed by atoms with Crippen molar-refractivity contribution in [2.24, 2.45) is 0 Å². The predicted molar refractivity (Wildman–Crippen MR) is 113 cm³/mol. The van der Waals surface area contributed by atoms with E-state index in [9.17, 15) is 4.79 Å². The van der Waals surface area contributed by atoms with Crippen LogP contribution in [-0.4, -0.2) is 46.3 Å². The van der Waals surface area contributed by atoms with Gasteiger partial charge in [0.25, 0.3) is 0 Å². The van der Waals surface area contributed by atoms with Crippen molar-refractivity contribution in [3.8, 4) is 0 Å². The topological polar surface area (TPSA) is 46.0 Å². The minimum atomic E-state index is -0.0476. The molecule has 0 radical (unpaired) electrons. The van der Waals surface area contributed by atoms with Crippen LogP contribution in [0.2, 0.25) is 0 Å². The molecule has 0 spiro atoms. The number of anilines is 1. The molecule has 0 bridgehead atoms. The summed E-state index contributed by atoms with van der Waals surface area (Å²) >= 11 is 0. The van der Waals surface area contributed by atoms with Gasteiger partial charge in [0.1, 0.15) is 19.2 Å². The molecule has 1 unspecified atom stereocenters. The molecule has 5 heteroatoms. The highest BCUT2D eigenvalue weighted by molar-refractivity contribution is 5.77. The van der Waals surface area contributed by atoms with E-state index >= 15 is 0 Å². The lowest BCUT2D eigenvalue weighted by Gasteiger charge is -2.33. The lowest BCUT2D eigenvalue weighted by atomic mass is 9.96. The minimum Gasteiger partial charge on any atom is -0.378 e. The summed E-state index contributed by atoms with van der Waals surface area (Å²) in [5, 5.41) is 3.08. The van der Waals surface area contributed by atoms with Crippen LogP contribution < -0.4 is 15.1 Å². The largest absolute Gasteiger partial charge is 0.378 e. The molecule has 2 aromatic carbocycles. The number of hydrogen-bond acceptors (Lipinski definition) is 3. The van der Waals surface area contributed by atoms with Crippen LogP contribution in [0.5, 0.6) is 0 Å². The number of carbonyl (C=O) groups excluding carboxylic acids is 1.